The van der Waals surface area contributed by atoms with Gasteiger partial charge < -0.3 is 10.4 Å². The molecule has 122 valence electrons. The average molecular weight is 304 g/mol. The molecule has 2 atom stereocenters. The Morgan fingerprint density at radius 3 is 3.00 bits per heavy atom. The molecular weight excluding hydrogens is 276 g/mol. The lowest BCUT2D eigenvalue weighted by Crippen LogP contribution is -2.50. The number of benzene rings is 1. The summed E-state index contributed by atoms with van der Waals surface area (Å²) in [5, 5.41) is 13.1. The van der Waals surface area contributed by atoms with Gasteiger partial charge >= 0.3 is 0 Å². The number of carbonyl (C=O) groups is 1. The minimum atomic E-state index is -0.329. The number of hydrogen-bond donors (Lipinski definition) is 2. The molecule has 1 aromatic rings. The van der Waals surface area contributed by atoms with Crippen molar-refractivity contribution < 1.29 is 9.90 Å². The lowest BCUT2D eigenvalue weighted by atomic mass is 9.96. The van der Waals surface area contributed by atoms with Gasteiger partial charge in [0.05, 0.1) is 12.6 Å². The summed E-state index contributed by atoms with van der Waals surface area (Å²) in [4.78, 5) is 14.3. The first-order chi connectivity index (χ1) is 10.6. The molecule has 1 fully saturated rings. The van der Waals surface area contributed by atoms with E-state index in [9.17, 15) is 9.90 Å². The number of likely N-dealkylation sites (tertiary alicyclic amines) is 1. The number of aliphatic hydroxyl groups excluding tert-OH is 1. The van der Waals surface area contributed by atoms with Crippen LogP contribution in [0.4, 0.5) is 0 Å². The highest BCUT2D eigenvalue weighted by molar-refractivity contribution is 5.78. The molecule has 4 nitrogen and oxygen atoms in total. The fraction of sp³-hybridized carbons (Fsp3) is 0.611. The second-order valence-electron chi connectivity index (χ2n) is 6.27. The van der Waals surface area contributed by atoms with E-state index >= 15 is 0 Å². The molecule has 2 unspecified atom stereocenters. The first-order valence-corrected chi connectivity index (χ1v) is 8.34. The van der Waals surface area contributed by atoms with Crippen molar-refractivity contribution in [2.45, 2.75) is 58.2 Å². The third kappa shape index (κ3) is 4.82. The molecule has 0 spiro atoms. The SMILES string of the molecule is CCC(O)C1CCCCN1CC(=O)NCc1cccc(C)c1. The quantitative estimate of drug-likeness (QED) is 0.847. The van der Waals surface area contributed by atoms with Crippen LogP contribution in [-0.4, -0.2) is 41.1 Å². The first-order valence-electron chi connectivity index (χ1n) is 8.34. The fourth-order valence-electron chi connectivity index (χ4n) is 3.18. The van der Waals surface area contributed by atoms with E-state index in [4.69, 9.17) is 0 Å². The number of piperidine rings is 1. The van der Waals surface area contributed by atoms with E-state index in [1.54, 1.807) is 0 Å². The van der Waals surface area contributed by atoms with Gasteiger partial charge in [0.1, 0.15) is 0 Å². The number of amides is 1. The Labute approximate surface area is 133 Å². The van der Waals surface area contributed by atoms with E-state index in [1.165, 1.54) is 5.56 Å². The Bertz CT molecular complexity index is 490. The highest BCUT2D eigenvalue weighted by Crippen LogP contribution is 2.20. The van der Waals surface area contributed by atoms with Crippen molar-refractivity contribution in [1.29, 1.82) is 0 Å². The number of aryl methyl sites for hydroxylation is 1. The number of carbonyl (C=O) groups excluding carboxylic acids is 1. The van der Waals surface area contributed by atoms with Crippen LogP contribution in [0.1, 0.15) is 43.7 Å². The Morgan fingerprint density at radius 1 is 1.45 bits per heavy atom. The van der Waals surface area contributed by atoms with Crippen LogP contribution in [0.25, 0.3) is 0 Å². The van der Waals surface area contributed by atoms with Crippen molar-refractivity contribution in [1.82, 2.24) is 10.2 Å². The van der Waals surface area contributed by atoms with Crippen molar-refractivity contribution in [3.63, 3.8) is 0 Å². The van der Waals surface area contributed by atoms with E-state index in [1.807, 2.05) is 19.1 Å². The molecule has 1 aromatic carbocycles. The summed E-state index contributed by atoms with van der Waals surface area (Å²) in [5.41, 5.74) is 2.33. The van der Waals surface area contributed by atoms with E-state index in [0.717, 1.165) is 37.8 Å². The third-order valence-electron chi connectivity index (χ3n) is 4.45. The van der Waals surface area contributed by atoms with Crippen LogP contribution in [0.15, 0.2) is 24.3 Å². The molecule has 1 amide bonds. The van der Waals surface area contributed by atoms with Crippen molar-refractivity contribution in [3.8, 4) is 0 Å². The number of hydrogen-bond acceptors (Lipinski definition) is 3. The molecule has 1 aliphatic rings. The molecule has 1 aliphatic heterocycles. The van der Waals surface area contributed by atoms with E-state index < -0.39 is 0 Å². The first kappa shape index (κ1) is 17.0. The zero-order valence-electron chi connectivity index (χ0n) is 13.7. The van der Waals surface area contributed by atoms with Crippen LogP contribution >= 0.6 is 0 Å². The molecule has 4 heteroatoms. The highest BCUT2D eigenvalue weighted by atomic mass is 16.3. The van der Waals surface area contributed by atoms with Gasteiger partial charge in [0.15, 0.2) is 0 Å². The van der Waals surface area contributed by atoms with Crippen LogP contribution in [0.2, 0.25) is 0 Å². The van der Waals surface area contributed by atoms with Gasteiger partial charge in [-0.05, 0) is 38.3 Å². The van der Waals surface area contributed by atoms with Gasteiger partial charge in [-0.2, -0.15) is 0 Å². The van der Waals surface area contributed by atoms with E-state index in [-0.39, 0.29) is 18.1 Å². The molecule has 22 heavy (non-hydrogen) atoms. The lowest BCUT2D eigenvalue weighted by Gasteiger charge is -2.37. The largest absolute Gasteiger partial charge is 0.392 e. The van der Waals surface area contributed by atoms with Crippen molar-refractivity contribution in [2.75, 3.05) is 13.1 Å². The van der Waals surface area contributed by atoms with Crippen molar-refractivity contribution in [3.05, 3.63) is 35.4 Å². The molecular formula is C18H28N2O2. The maximum atomic E-state index is 12.2. The van der Waals surface area contributed by atoms with Crippen LogP contribution < -0.4 is 5.32 Å². The van der Waals surface area contributed by atoms with Gasteiger partial charge in [0.2, 0.25) is 5.91 Å². The van der Waals surface area contributed by atoms with E-state index in [2.05, 4.69) is 29.3 Å². The zero-order valence-corrected chi connectivity index (χ0v) is 13.7. The molecule has 0 radical (unpaired) electrons. The Morgan fingerprint density at radius 2 is 2.27 bits per heavy atom. The highest BCUT2D eigenvalue weighted by Gasteiger charge is 2.28. The number of rotatable bonds is 6. The molecule has 1 heterocycles. The van der Waals surface area contributed by atoms with Gasteiger partial charge in [0.25, 0.3) is 0 Å². The zero-order chi connectivity index (χ0) is 15.9. The normalized spacial score (nSPS) is 20.6. The molecule has 0 aromatic heterocycles. The van der Waals surface area contributed by atoms with Gasteiger partial charge in [-0.15, -0.1) is 0 Å². The predicted molar refractivity (Wildman–Crippen MR) is 88.5 cm³/mol. The Balaban J connectivity index is 1.84. The Hall–Kier alpha value is -1.39. The molecule has 0 bridgehead atoms. The lowest BCUT2D eigenvalue weighted by molar-refractivity contribution is -0.124. The van der Waals surface area contributed by atoms with Crippen LogP contribution in [0.3, 0.4) is 0 Å². The average Bonchev–Trinajstić information content (AvgIpc) is 2.53. The summed E-state index contributed by atoms with van der Waals surface area (Å²) < 4.78 is 0. The smallest absolute Gasteiger partial charge is 0.234 e. The number of nitrogens with one attached hydrogen (secondary N) is 1. The summed E-state index contributed by atoms with van der Waals surface area (Å²) >= 11 is 0. The number of nitrogens with zero attached hydrogens (tertiary/aromatic N) is 1. The van der Waals surface area contributed by atoms with Gasteiger partial charge in [-0.1, -0.05) is 43.2 Å². The molecule has 0 saturated carbocycles. The fourth-order valence-corrected chi connectivity index (χ4v) is 3.18. The maximum Gasteiger partial charge on any atom is 0.234 e. The van der Waals surface area contributed by atoms with Crippen LogP contribution in [-0.2, 0) is 11.3 Å². The summed E-state index contributed by atoms with van der Waals surface area (Å²) in [6.45, 7) is 5.90. The van der Waals surface area contributed by atoms with Crippen molar-refractivity contribution >= 4 is 5.91 Å². The number of aliphatic hydroxyl groups is 1. The minimum Gasteiger partial charge on any atom is -0.392 e. The monoisotopic (exact) mass is 304 g/mol. The second-order valence-corrected chi connectivity index (χ2v) is 6.27. The van der Waals surface area contributed by atoms with Gasteiger partial charge in [-0.25, -0.2) is 0 Å². The molecule has 2 N–H and O–H groups in total. The maximum absolute atomic E-state index is 12.2. The summed E-state index contributed by atoms with van der Waals surface area (Å²) in [6, 6.07) is 8.30. The van der Waals surface area contributed by atoms with Crippen molar-refractivity contribution in [2.24, 2.45) is 0 Å². The topological polar surface area (TPSA) is 52.6 Å². The standard InChI is InChI=1S/C18H28N2O2/c1-3-17(21)16-9-4-5-10-20(16)13-18(22)19-12-15-8-6-7-14(2)11-15/h6-8,11,16-17,21H,3-5,9-10,12-13H2,1-2H3,(H,19,22). The van der Waals surface area contributed by atoms with E-state index in [0.29, 0.717) is 13.1 Å². The molecule has 1 saturated heterocycles. The molecule has 2 rings (SSSR count). The van der Waals surface area contributed by atoms with Crippen LogP contribution in [0.5, 0.6) is 0 Å². The predicted octanol–water partition coefficient (Wildman–Crippen LogP) is 2.24. The Kier molecular flexibility index (Phi) is 6.40. The van der Waals surface area contributed by atoms with Gasteiger partial charge in [-0.3, -0.25) is 9.69 Å². The van der Waals surface area contributed by atoms with Crippen LogP contribution in [0, 0.1) is 6.92 Å². The summed E-state index contributed by atoms with van der Waals surface area (Å²) in [6.07, 6.45) is 3.65. The molecule has 0 aliphatic carbocycles. The second kappa shape index (κ2) is 8.30. The summed E-state index contributed by atoms with van der Waals surface area (Å²) in [5.74, 6) is 0.0386. The summed E-state index contributed by atoms with van der Waals surface area (Å²) in [7, 11) is 0. The third-order valence-corrected chi connectivity index (χ3v) is 4.45. The minimum absolute atomic E-state index is 0.0386. The van der Waals surface area contributed by atoms with Gasteiger partial charge in [0, 0.05) is 12.6 Å².